The second kappa shape index (κ2) is 3.48. The van der Waals surface area contributed by atoms with Crippen molar-refractivity contribution in [2.75, 3.05) is 0 Å². The standard InChI is InChI=1S/C6H4ClF2I/c7-5-3-1-2-4-6(5)10(8)9/h1-4H. The van der Waals surface area contributed by atoms with Crippen molar-refractivity contribution in [2.24, 2.45) is 0 Å². The molecule has 0 spiro atoms. The minimum atomic E-state index is -3.86. The first-order valence-electron chi connectivity index (χ1n) is 2.49. The van der Waals surface area contributed by atoms with Gasteiger partial charge in [-0.25, -0.2) is 0 Å². The number of benzene rings is 1. The molecule has 0 aliphatic rings. The summed E-state index contributed by atoms with van der Waals surface area (Å²) < 4.78 is 24.2. The summed E-state index contributed by atoms with van der Waals surface area (Å²) in [7, 11) is 0. The van der Waals surface area contributed by atoms with E-state index in [1.807, 2.05) is 0 Å². The van der Waals surface area contributed by atoms with E-state index in [0.29, 0.717) is 0 Å². The van der Waals surface area contributed by atoms with E-state index < -0.39 is 21.0 Å². The predicted octanol–water partition coefficient (Wildman–Crippen LogP) is 3.79. The van der Waals surface area contributed by atoms with E-state index in [1.54, 1.807) is 12.1 Å². The maximum atomic E-state index is 12.1. The van der Waals surface area contributed by atoms with Gasteiger partial charge in [-0.3, -0.25) is 0 Å². The number of hydrogen-bond acceptors (Lipinski definition) is 0. The van der Waals surface area contributed by atoms with E-state index in [2.05, 4.69) is 0 Å². The van der Waals surface area contributed by atoms with E-state index in [1.165, 1.54) is 12.1 Å². The van der Waals surface area contributed by atoms with Crippen LogP contribution in [0.4, 0.5) is 5.72 Å². The van der Waals surface area contributed by atoms with Gasteiger partial charge in [-0.05, 0) is 0 Å². The molecular weight excluding hydrogens is 272 g/mol. The van der Waals surface area contributed by atoms with E-state index in [9.17, 15) is 5.72 Å². The normalized spacial score (nSPS) is 11.3. The molecule has 0 saturated carbocycles. The van der Waals surface area contributed by atoms with Gasteiger partial charge in [-0.1, -0.05) is 0 Å². The molecular formula is C6H4ClF2I. The third kappa shape index (κ3) is 1.79. The molecule has 4 heteroatoms. The molecule has 0 atom stereocenters. The molecule has 10 heavy (non-hydrogen) atoms. The van der Waals surface area contributed by atoms with Crippen LogP contribution in [-0.2, 0) is 0 Å². The fourth-order valence-electron chi connectivity index (χ4n) is 0.555. The average Bonchev–Trinajstić information content (AvgIpc) is 1.88. The van der Waals surface area contributed by atoms with Crippen LogP contribution in [0.3, 0.4) is 0 Å². The Bertz CT molecular complexity index is 227. The van der Waals surface area contributed by atoms with E-state index in [-0.39, 0.29) is 8.59 Å². The Hall–Kier alpha value is 0.1000. The number of halogens is 4. The molecule has 0 amide bonds. The number of rotatable bonds is 1. The van der Waals surface area contributed by atoms with Crippen LogP contribution in [0.25, 0.3) is 0 Å². The van der Waals surface area contributed by atoms with Crippen molar-refractivity contribution in [1.82, 2.24) is 0 Å². The van der Waals surface area contributed by atoms with Crippen LogP contribution in [0.15, 0.2) is 24.3 Å². The van der Waals surface area contributed by atoms with Gasteiger partial charge >= 0.3 is 71.1 Å². The Morgan fingerprint density at radius 1 is 1.20 bits per heavy atom. The summed E-state index contributed by atoms with van der Waals surface area (Å²) in [6.07, 6.45) is 0. The zero-order chi connectivity index (χ0) is 7.56. The molecule has 0 unspecified atom stereocenters. The van der Waals surface area contributed by atoms with Gasteiger partial charge < -0.3 is 0 Å². The molecule has 0 aliphatic heterocycles. The molecule has 1 aromatic rings. The van der Waals surface area contributed by atoms with Crippen LogP contribution < -0.4 is 0 Å². The second-order valence-electron chi connectivity index (χ2n) is 1.61. The monoisotopic (exact) mass is 276 g/mol. The summed E-state index contributed by atoms with van der Waals surface area (Å²) in [5, 5.41) is 0.192. The first kappa shape index (κ1) is 8.20. The van der Waals surface area contributed by atoms with Crippen molar-refractivity contribution in [3.63, 3.8) is 0 Å². The molecule has 0 bridgehead atoms. The van der Waals surface area contributed by atoms with E-state index in [4.69, 9.17) is 11.6 Å². The second-order valence-corrected chi connectivity index (χ2v) is 4.30. The molecule has 0 radical (unpaired) electrons. The molecule has 0 heterocycles. The Kier molecular flexibility index (Phi) is 2.85. The van der Waals surface area contributed by atoms with Crippen molar-refractivity contribution in [2.45, 2.75) is 0 Å². The van der Waals surface area contributed by atoms with Crippen molar-refractivity contribution < 1.29 is 5.72 Å². The van der Waals surface area contributed by atoms with Crippen molar-refractivity contribution in [3.8, 4) is 0 Å². The van der Waals surface area contributed by atoms with Crippen LogP contribution in [0, 0.1) is 3.57 Å². The van der Waals surface area contributed by atoms with Crippen LogP contribution in [-0.4, -0.2) is 0 Å². The Balaban J connectivity index is 3.03. The average molecular weight is 276 g/mol. The zero-order valence-electron chi connectivity index (χ0n) is 4.82. The Morgan fingerprint density at radius 2 is 1.80 bits per heavy atom. The van der Waals surface area contributed by atoms with Crippen LogP contribution in [0.2, 0.25) is 5.02 Å². The van der Waals surface area contributed by atoms with Gasteiger partial charge in [0.1, 0.15) is 0 Å². The quantitative estimate of drug-likeness (QED) is 0.685. The zero-order valence-corrected chi connectivity index (χ0v) is 7.73. The van der Waals surface area contributed by atoms with Crippen molar-refractivity contribution in [1.29, 1.82) is 0 Å². The number of hydrogen-bond donors (Lipinski definition) is 0. The SMILES string of the molecule is FI(F)c1ccccc1Cl. The first-order chi connectivity index (χ1) is 4.72. The van der Waals surface area contributed by atoms with Crippen LogP contribution >= 0.6 is 32.6 Å². The van der Waals surface area contributed by atoms with Gasteiger partial charge in [0.05, 0.1) is 0 Å². The molecule has 0 aliphatic carbocycles. The minimum absolute atomic E-state index is 0.0494. The van der Waals surface area contributed by atoms with Gasteiger partial charge in [0.25, 0.3) is 0 Å². The summed E-state index contributed by atoms with van der Waals surface area (Å²) in [5.74, 6) is 0. The van der Waals surface area contributed by atoms with E-state index >= 15 is 0 Å². The third-order valence-electron chi connectivity index (χ3n) is 0.978. The van der Waals surface area contributed by atoms with Crippen molar-refractivity contribution in [3.05, 3.63) is 32.9 Å². The predicted molar refractivity (Wildman–Crippen MR) is 46.4 cm³/mol. The molecule has 0 fully saturated rings. The summed E-state index contributed by atoms with van der Waals surface area (Å²) in [4.78, 5) is 0. The van der Waals surface area contributed by atoms with Gasteiger partial charge in [0.2, 0.25) is 0 Å². The molecule has 0 N–H and O–H groups in total. The molecule has 1 rings (SSSR count). The van der Waals surface area contributed by atoms with Crippen LogP contribution in [0.5, 0.6) is 0 Å². The molecule has 56 valence electrons. The summed E-state index contributed by atoms with van der Waals surface area (Å²) in [5.41, 5.74) is 0. The van der Waals surface area contributed by atoms with Gasteiger partial charge in [0.15, 0.2) is 0 Å². The molecule has 0 aromatic heterocycles. The van der Waals surface area contributed by atoms with Gasteiger partial charge in [0, 0.05) is 0 Å². The fraction of sp³-hybridized carbons (Fsp3) is 0. The fourth-order valence-corrected chi connectivity index (χ4v) is 2.10. The Labute approximate surface area is 71.1 Å². The molecule has 0 nitrogen and oxygen atoms in total. The summed E-state index contributed by atoms with van der Waals surface area (Å²) in [6.45, 7) is 0. The molecule has 1 aromatic carbocycles. The molecule has 0 saturated heterocycles. The van der Waals surface area contributed by atoms with Gasteiger partial charge in [-0.15, -0.1) is 0 Å². The summed E-state index contributed by atoms with van der Waals surface area (Å²) >= 11 is 1.62. The summed E-state index contributed by atoms with van der Waals surface area (Å²) in [6, 6.07) is 6.09. The maximum absolute atomic E-state index is 12.1. The Morgan fingerprint density at radius 3 is 2.20 bits per heavy atom. The topological polar surface area (TPSA) is 0 Å². The first-order valence-corrected chi connectivity index (χ1v) is 5.58. The third-order valence-corrected chi connectivity index (χ3v) is 3.45. The van der Waals surface area contributed by atoms with E-state index in [0.717, 1.165) is 0 Å². The van der Waals surface area contributed by atoms with Crippen LogP contribution in [0.1, 0.15) is 0 Å². The van der Waals surface area contributed by atoms with Gasteiger partial charge in [-0.2, -0.15) is 0 Å². The van der Waals surface area contributed by atoms with Crippen molar-refractivity contribution >= 4 is 32.6 Å².